The SMILES string of the molecule is CC/C=C\C/C=C\C/C=C\C/C=C\C/C=C\C/C=C\CCCCCCCCCCCCCCCCC(=O)OC(COC(=O)CCCCCCCCCCCCCCCCCCCCCCCCCCCCCCCCCCCCC)COC(OCC[N+](C)(C)C)C(=O)O. The number of hydrogen-bond acceptors (Lipinski definition) is 7. The van der Waals surface area contributed by atoms with Gasteiger partial charge in [-0.3, -0.25) is 9.59 Å². The van der Waals surface area contributed by atoms with E-state index in [1.807, 2.05) is 21.1 Å². The van der Waals surface area contributed by atoms with E-state index < -0.39 is 18.4 Å². The molecule has 1 N–H and O–H groups in total. The van der Waals surface area contributed by atoms with Crippen LogP contribution in [0.1, 0.15) is 386 Å². The normalized spacial score (nSPS) is 13.0. The first-order chi connectivity index (χ1) is 45.6. The van der Waals surface area contributed by atoms with E-state index in [1.165, 1.54) is 283 Å². The Morgan fingerprint density at radius 1 is 0.333 bits per heavy atom. The lowest BCUT2D eigenvalue weighted by molar-refractivity contribution is -0.870. The number of carboxylic acid groups (broad SMARTS) is 1. The summed E-state index contributed by atoms with van der Waals surface area (Å²) in [6.07, 6.45) is 97.8. The summed E-state index contributed by atoms with van der Waals surface area (Å²) in [4.78, 5) is 37.7. The molecule has 0 radical (unpaired) electrons. The minimum atomic E-state index is -1.51. The molecular formula is C84H154NO8+. The Labute approximate surface area is 577 Å². The summed E-state index contributed by atoms with van der Waals surface area (Å²) in [5.41, 5.74) is 0. The summed E-state index contributed by atoms with van der Waals surface area (Å²) in [7, 11) is 5.99. The molecular weight excluding hydrogens is 1150 g/mol. The monoisotopic (exact) mass is 1310 g/mol. The van der Waals surface area contributed by atoms with Crippen molar-refractivity contribution in [3.63, 3.8) is 0 Å². The fourth-order valence-corrected chi connectivity index (χ4v) is 11.9. The summed E-state index contributed by atoms with van der Waals surface area (Å²) in [6.45, 7) is 4.83. The van der Waals surface area contributed by atoms with Gasteiger partial charge in [0.2, 0.25) is 0 Å². The fourth-order valence-electron chi connectivity index (χ4n) is 11.9. The third-order valence-electron chi connectivity index (χ3n) is 18.0. The van der Waals surface area contributed by atoms with E-state index in [0.29, 0.717) is 17.4 Å². The van der Waals surface area contributed by atoms with Gasteiger partial charge >= 0.3 is 17.9 Å². The molecule has 93 heavy (non-hydrogen) atoms. The van der Waals surface area contributed by atoms with Gasteiger partial charge in [-0.25, -0.2) is 4.79 Å². The quantitative estimate of drug-likeness (QED) is 0.0211. The van der Waals surface area contributed by atoms with Gasteiger partial charge in [0.15, 0.2) is 6.10 Å². The number of likely N-dealkylation sites (N-methyl/N-ethyl adjacent to an activating group) is 1. The van der Waals surface area contributed by atoms with Crippen LogP contribution < -0.4 is 0 Å². The maximum absolute atomic E-state index is 13.0. The molecule has 0 aromatic rings. The number of rotatable bonds is 75. The van der Waals surface area contributed by atoms with E-state index in [-0.39, 0.29) is 38.2 Å². The van der Waals surface area contributed by atoms with Crippen LogP contribution in [-0.2, 0) is 33.3 Å². The van der Waals surface area contributed by atoms with Crippen molar-refractivity contribution in [3.8, 4) is 0 Å². The molecule has 0 aromatic heterocycles. The molecule has 2 atom stereocenters. The summed E-state index contributed by atoms with van der Waals surface area (Å²) in [5, 5.41) is 9.77. The molecule has 0 fully saturated rings. The molecule has 0 spiro atoms. The molecule has 542 valence electrons. The van der Waals surface area contributed by atoms with Gasteiger partial charge < -0.3 is 28.5 Å². The second-order valence-electron chi connectivity index (χ2n) is 28.4. The van der Waals surface area contributed by atoms with Crippen molar-refractivity contribution in [2.45, 2.75) is 399 Å². The number of carbonyl (C=O) groups excluding carboxylic acids is 2. The molecule has 0 aliphatic heterocycles. The van der Waals surface area contributed by atoms with E-state index in [9.17, 15) is 19.5 Å². The maximum atomic E-state index is 13.0. The van der Waals surface area contributed by atoms with Gasteiger partial charge in [-0.2, -0.15) is 0 Å². The summed E-state index contributed by atoms with van der Waals surface area (Å²) < 4.78 is 23.1. The third-order valence-corrected chi connectivity index (χ3v) is 18.0. The predicted octanol–water partition coefficient (Wildman–Crippen LogP) is 25.6. The average Bonchev–Trinajstić information content (AvgIpc) is 3.74. The van der Waals surface area contributed by atoms with Gasteiger partial charge in [-0.05, 0) is 64.2 Å². The lowest BCUT2D eigenvalue weighted by atomic mass is 10.0. The Bertz CT molecular complexity index is 1760. The Morgan fingerprint density at radius 2 is 0.613 bits per heavy atom. The molecule has 0 aliphatic rings. The number of carbonyl (C=O) groups is 3. The lowest BCUT2D eigenvalue weighted by Crippen LogP contribution is -2.40. The van der Waals surface area contributed by atoms with E-state index in [1.54, 1.807) is 0 Å². The summed E-state index contributed by atoms with van der Waals surface area (Å²) in [5.74, 6) is -1.98. The first kappa shape index (κ1) is 89.7. The second-order valence-corrected chi connectivity index (χ2v) is 28.4. The summed E-state index contributed by atoms with van der Waals surface area (Å²) >= 11 is 0. The molecule has 0 rings (SSSR count). The molecule has 0 saturated carbocycles. The number of unbranched alkanes of at least 4 members (excludes halogenated alkanes) is 48. The number of ether oxygens (including phenoxy) is 4. The highest BCUT2D eigenvalue weighted by molar-refractivity contribution is 5.71. The molecule has 0 amide bonds. The van der Waals surface area contributed by atoms with Gasteiger partial charge in [0, 0.05) is 12.8 Å². The zero-order valence-corrected chi connectivity index (χ0v) is 62.2. The van der Waals surface area contributed by atoms with Crippen LogP contribution in [0, 0.1) is 0 Å². The molecule has 9 nitrogen and oxygen atoms in total. The van der Waals surface area contributed by atoms with E-state index in [0.717, 1.165) is 77.0 Å². The highest BCUT2D eigenvalue weighted by Gasteiger charge is 2.25. The molecule has 0 heterocycles. The average molecular weight is 1310 g/mol. The molecule has 0 bridgehead atoms. The van der Waals surface area contributed by atoms with Gasteiger partial charge in [-0.1, -0.05) is 382 Å². The van der Waals surface area contributed by atoms with Crippen molar-refractivity contribution in [1.82, 2.24) is 0 Å². The zero-order chi connectivity index (χ0) is 67.5. The van der Waals surface area contributed by atoms with Gasteiger partial charge in [0.1, 0.15) is 13.2 Å². The number of nitrogens with zero attached hydrogens (tertiary/aromatic N) is 1. The van der Waals surface area contributed by atoms with Crippen molar-refractivity contribution < 1.29 is 42.9 Å². The van der Waals surface area contributed by atoms with Crippen molar-refractivity contribution in [1.29, 1.82) is 0 Å². The van der Waals surface area contributed by atoms with Gasteiger partial charge in [0.25, 0.3) is 6.29 Å². The van der Waals surface area contributed by atoms with Crippen molar-refractivity contribution in [2.75, 3.05) is 47.5 Å². The maximum Gasteiger partial charge on any atom is 0.361 e. The smallest absolute Gasteiger partial charge is 0.361 e. The zero-order valence-electron chi connectivity index (χ0n) is 62.2. The highest BCUT2D eigenvalue weighted by Crippen LogP contribution is 2.20. The largest absolute Gasteiger partial charge is 0.477 e. The number of quaternary nitrogens is 1. The topological polar surface area (TPSA) is 108 Å². The number of esters is 2. The standard InChI is InChI=1S/C84H153NO8/c1-6-8-10-12-14-16-18-20-22-24-26-28-30-32-34-36-38-40-41-43-44-46-48-50-52-54-56-58-60-62-64-66-68-70-72-74-81(86)91-78-80(79-92-84(83(88)89)90-77-76-85(3,4)5)93-82(87)75-73-71-69-67-65-63-61-59-57-55-53-51-49-47-45-42-39-37-35-33-31-29-27-25-23-21-19-17-15-13-11-9-7-2/h9,11,15,17,21,23,27,29,33,35,39,42,80,84H,6-8,10,12-14,16,18-20,22,24-26,28,30-32,34,36-38,40-41,43-79H2,1-5H3/p+1/b11-9-,17-15-,23-21-,29-27-,35-33-,42-39-. The van der Waals surface area contributed by atoms with Crippen molar-refractivity contribution in [3.05, 3.63) is 72.9 Å². The van der Waals surface area contributed by atoms with Gasteiger partial charge in [-0.15, -0.1) is 0 Å². The Morgan fingerprint density at radius 3 is 0.914 bits per heavy atom. The molecule has 0 saturated heterocycles. The van der Waals surface area contributed by atoms with E-state index >= 15 is 0 Å². The van der Waals surface area contributed by atoms with E-state index in [2.05, 4.69) is 86.8 Å². The lowest BCUT2D eigenvalue weighted by Gasteiger charge is -2.25. The number of hydrogen-bond donors (Lipinski definition) is 1. The third kappa shape index (κ3) is 76.0. The van der Waals surface area contributed by atoms with Crippen LogP contribution in [0.15, 0.2) is 72.9 Å². The fraction of sp³-hybridized carbons (Fsp3) is 0.821. The first-order valence-corrected chi connectivity index (χ1v) is 40.1. The predicted molar refractivity (Wildman–Crippen MR) is 401 cm³/mol. The van der Waals surface area contributed by atoms with Crippen LogP contribution in [-0.4, -0.2) is 87.4 Å². The Kier molecular flexibility index (Phi) is 71.9. The molecule has 0 aliphatic carbocycles. The van der Waals surface area contributed by atoms with Crippen LogP contribution in [0.3, 0.4) is 0 Å². The minimum absolute atomic E-state index is 0.179. The molecule has 2 unspecified atom stereocenters. The molecule has 9 heteroatoms. The van der Waals surface area contributed by atoms with Crippen LogP contribution in [0.2, 0.25) is 0 Å². The van der Waals surface area contributed by atoms with Crippen LogP contribution in [0.25, 0.3) is 0 Å². The van der Waals surface area contributed by atoms with Crippen molar-refractivity contribution >= 4 is 17.9 Å². The van der Waals surface area contributed by atoms with Crippen LogP contribution in [0.5, 0.6) is 0 Å². The van der Waals surface area contributed by atoms with Crippen LogP contribution >= 0.6 is 0 Å². The van der Waals surface area contributed by atoms with Gasteiger partial charge in [0.05, 0.1) is 34.4 Å². The number of allylic oxidation sites excluding steroid dienone is 12. The van der Waals surface area contributed by atoms with Crippen LogP contribution in [0.4, 0.5) is 0 Å². The highest BCUT2D eigenvalue weighted by atomic mass is 16.7. The minimum Gasteiger partial charge on any atom is -0.477 e. The molecule has 0 aromatic carbocycles. The summed E-state index contributed by atoms with van der Waals surface area (Å²) in [6, 6.07) is 0. The number of aliphatic carboxylic acids is 1. The van der Waals surface area contributed by atoms with Crippen molar-refractivity contribution in [2.24, 2.45) is 0 Å². The van der Waals surface area contributed by atoms with E-state index in [4.69, 9.17) is 18.9 Å². The Hall–Kier alpha value is -3.27. The Balaban J connectivity index is 4.00. The first-order valence-electron chi connectivity index (χ1n) is 40.1. The number of carboxylic acids is 1. The second kappa shape index (κ2) is 74.5.